The largest absolute Gasteiger partial charge is 0.379 e. The summed E-state index contributed by atoms with van der Waals surface area (Å²) in [6.07, 6.45) is 0.778. The number of benzene rings is 1. The Bertz CT molecular complexity index is 419. The number of hydrogen-bond acceptors (Lipinski definition) is 5. The number of anilines is 1. The van der Waals surface area contributed by atoms with Gasteiger partial charge in [-0.1, -0.05) is 6.92 Å². The van der Waals surface area contributed by atoms with Crippen molar-refractivity contribution in [1.29, 1.82) is 0 Å². The summed E-state index contributed by atoms with van der Waals surface area (Å²) in [6, 6.07) is 3.43. The zero-order valence-corrected chi connectivity index (χ0v) is 8.67. The lowest BCUT2D eigenvalue weighted by atomic mass is 10.2. The Balaban J connectivity index is 3.10. The molecule has 0 fully saturated rings. The monoisotopic (exact) mass is 225 g/mol. The summed E-state index contributed by atoms with van der Waals surface area (Å²) in [7, 11) is 0. The van der Waals surface area contributed by atoms with Crippen molar-refractivity contribution in [3.8, 4) is 0 Å². The number of non-ortho nitro benzene ring substituents is 1. The van der Waals surface area contributed by atoms with E-state index in [9.17, 15) is 20.2 Å². The Morgan fingerprint density at radius 3 is 2.44 bits per heavy atom. The molecular formula is C9H11N3O4. The Morgan fingerprint density at radius 1 is 1.25 bits per heavy atom. The normalized spacial score (nSPS) is 9.81. The van der Waals surface area contributed by atoms with Crippen LogP contribution in [0.3, 0.4) is 0 Å². The van der Waals surface area contributed by atoms with Gasteiger partial charge in [0.05, 0.1) is 9.85 Å². The van der Waals surface area contributed by atoms with Crippen LogP contribution in [0.2, 0.25) is 0 Å². The average Bonchev–Trinajstić information content (AvgIpc) is 2.25. The fraction of sp³-hybridized carbons (Fsp3) is 0.333. The minimum atomic E-state index is -0.582. The molecule has 7 heteroatoms. The highest BCUT2D eigenvalue weighted by atomic mass is 16.6. The maximum Gasteiger partial charge on any atom is 0.292 e. The van der Waals surface area contributed by atoms with Gasteiger partial charge in [-0.3, -0.25) is 20.2 Å². The molecule has 0 aliphatic rings. The smallest absolute Gasteiger partial charge is 0.292 e. The fourth-order valence-corrected chi connectivity index (χ4v) is 1.20. The third-order valence-electron chi connectivity index (χ3n) is 1.95. The molecule has 0 aliphatic heterocycles. The van der Waals surface area contributed by atoms with Crippen LogP contribution < -0.4 is 5.32 Å². The Morgan fingerprint density at radius 2 is 1.94 bits per heavy atom. The first kappa shape index (κ1) is 11.9. The van der Waals surface area contributed by atoms with Crippen LogP contribution >= 0.6 is 0 Å². The molecule has 0 heterocycles. The molecule has 0 aliphatic carbocycles. The van der Waals surface area contributed by atoms with Gasteiger partial charge < -0.3 is 5.32 Å². The second kappa shape index (κ2) is 5.06. The van der Waals surface area contributed by atoms with E-state index in [1.165, 1.54) is 6.07 Å². The molecule has 0 bridgehead atoms. The third kappa shape index (κ3) is 2.66. The molecule has 16 heavy (non-hydrogen) atoms. The number of nitro groups is 2. The van der Waals surface area contributed by atoms with Gasteiger partial charge in [0, 0.05) is 24.7 Å². The quantitative estimate of drug-likeness (QED) is 0.612. The van der Waals surface area contributed by atoms with Gasteiger partial charge in [0.1, 0.15) is 5.69 Å². The lowest BCUT2D eigenvalue weighted by Gasteiger charge is -2.04. The highest BCUT2D eigenvalue weighted by molar-refractivity contribution is 5.65. The molecule has 1 aromatic rings. The van der Waals surface area contributed by atoms with Crippen LogP contribution in [0.15, 0.2) is 18.2 Å². The van der Waals surface area contributed by atoms with Crippen molar-refractivity contribution in [3.05, 3.63) is 38.4 Å². The van der Waals surface area contributed by atoms with E-state index < -0.39 is 9.85 Å². The van der Waals surface area contributed by atoms with Crippen molar-refractivity contribution in [2.75, 3.05) is 11.9 Å². The number of hydrogen-bond donors (Lipinski definition) is 1. The van der Waals surface area contributed by atoms with E-state index in [4.69, 9.17) is 0 Å². The molecule has 1 rings (SSSR count). The maximum absolute atomic E-state index is 10.7. The minimum Gasteiger partial charge on any atom is -0.379 e. The van der Waals surface area contributed by atoms with E-state index in [-0.39, 0.29) is 17.1 Å². The van der Waals surface area contributed by atoms with Crippen molar-refractivity contribution in [2.24, 2.45) is 0 Å². The van der Waals surface area contributed by atoms with Gasteiger partial charge in [0.2, 0.25) is 0 Å². The summed E-state index contributed by atoms with van der Waals surface area (Å²) in [4.78, 5) is 20.0. The predicted octanol–water partition coefficient (Wildman–Crippen LogP) is 2.32. The van der Waals surface area contributed by atoms with Crippen LogP contribution in [0, 0.1) is 20.2 Å². The minimum absolute atomic E-state index is 0.154. The van der Waals surface area contributed by atoms with Crippen LogP contribution in [-0.4, -0.2) is 16.4 Å². The molecule has 0 spiro atoms. The molecule has 1 N–H and O–H groups in total. The van der Waals surface area contributed by atoms with Crippen LogP contribution in [0.25, 0.3) is 0 Å². The topological polar surface area (TPSA) is 98.3 Å². The van der Waals surface area contributed by atoms with Crippen molar-refractivity contribution < 1.29 is 9.85 Å². The zero-order valence-electron chi connectivity index (χ0n) is 8.67. The van der Waals surface area contributed by atoms with E-state index in [0.29, 0.717) is 6.54 Å². The highest BCUT2D eigenvalue weighted by Gasteiger charge is 2.17. The second-order valence-electron chi connectivity index (χ2n) is 3.14. The lowest BCUT2D eigenvalue weighted by molar-refractivity contribution is -0.388. The number of nitrogens with one attached hydrogen (secondary N) is 1. The van der Waals surface area contributed by atoms with Gasteiger partial charge >= 0.3 is 0 Å². The molecular weight excluding hydrogens is 214 g/mol. The molecule has 0 radical (unpaired) electrons. The number of nitro benzene ring substituents is 2. The van der Waals surface area contributed by atoms with Gasteiger partial charge in [-0.15, -0.1) is 0 Å². The maximum atomic E-state index is 10.7. The van der Waals surface area contributed by atoms with Crippen LogP contribution in [-0.2, 0) is 0 Å². The van der Waals surface area contributed by atoms with Gasteiger partial charge in [-0.05, 0) is 6.42 Å². The van der Waals surface area contributed by atoms with E-state index in [2.05, 4.69) is 5.32 Å². The van der Waals surface area contributed by atoms with E-state index >= 15 is 0 Å². The summed E-state index contributed by atoms with van der Waals surface area (Å²) in [5.74, 6) is 0. The second-order valence-corrected chi connectivity index (χ2v) is 3.14. The average molecular weight is 225 g/mol. The summed E-state index contributed by atoms with van der Waals surface area (Å²) < 4.78 is 0. The molecule has 0 saturated carbocycles. The van der Waals surface area contributed by atoms with E-state index in [0.717, 1.165) is 18.6 Å². The molecule has 0 amide bonds. The van der Waals surface area contributed by atoms with Crippen molar-refractivity contribution >= 4 is 17.1 Å². The number of nitrogens with zero attached hydrogens (tertiary/aromatic N) is 2. The first-order valence-corrected chi connectivity index (χ1v) is 4.73. The van der Waals surface area contributed by atoms with E-state index in [1.807, 2.05) is 6.92 Å². The van der Waals surface area contributed by atoms with Gasteiger partial charge in [-0.2, -0.15) is 0 Å². The summed E-state index contributed by atoms with van der Waals surface area (Å²) >= 11 is 0. The van der Waals surface area contributed by atoms with Crippen LogP contribution in [0.1, 0.15) is 13.3 Å². The SMILES string of the molecule is CCCNc1cc([N+](=O)[O-])ccc1[N+](=O)[O-]. The first-order chi connectivity index (χ1) is 7.56. The van der Waals surface area contributed by atoms with Crippen LogP contribution in [0.5, 0.6) is 0 Å². The lowest BCUT2D eigenvalue weighted by Crippen LogP contribution is -2.03. The van der Waals surface area contributed by atoms with E-state index in [1.54, 1.807) is 0 Å². The van der Waals surface area contributed by atoms with Gasteiger partial charge in [0.25, 0.3) is 11.4 Å². The van der Waals surface area contributed by atoms with Gasteiger partial charge in [0.15, 0.2) is 0 Å². The molecule has 0 unspecified atom stereocenters. The summed E-state index contributed by atoms with van der Waals surface area (Å²) in [5, 5.41) is 24.0. The van der Waals surface area contributed by atoms with Crippen molar-refractivity contribution in [1.82, 2.24) is 0 Å². The fourth-order valence-electron chi connectivity index (χ4n) is 1.20. The van der Waals surface area contributed by atoms with Crippen molar-refractivity contribution in [2.45, 2.75) is 13.3 Å². The zero-order chi connectivity index (χ0) is 12.1. The molecule has 86 valence electrons. The molecule has 7 nitrogen and oxygen atoms in total. The predicted molar refractivity (Wildman–Crippen MR) is 58.5 cm³/mol. The Labute approximate surface area is 91.4 Å². The highest BCUT2D eigenvalue weighted by Crippen LogP contribution is 2.28. The molecule has 0 aromatic heterocycles. The number of rotatable bonds is 5. The van der Waals surface area contributed by atoms with Crippen molar-refractivity contribution in [3.63, 3.8) is 0 Å². The first-order valence-electron chi connectivity index (χ1n) is 4.73. The summed E-state index contributed by atoms with van der Waals surface area (Å²) in [5.41, 5.74) is -0.135. The standard InChI is InChI=1S/C9H11N3O4/c1-2-5-10-8-6-7(11(13)14)3-4-9(8)12(15)16/h3-4,6,10H,2,5H2,1H3. The third-order valence-corrected chi connectivity index (χ3v) is 1.95. The van der Waals surface area contributed by atoms with Gasteiger partial charge in [-0.25, -0.2) is 0 Å². The van der Waals surface area contributed by atoms with Crippen LogP contribution in [0.4, 0.5) is 17.1 Å². The Kier molecular flexibility index (Phi) is 3.76. The molecule has 0 saturated heterocycles. The summed E-state index contributed by atoms with van der Waals surface area (Å²) in [6.45, 7) is 2.43. The molecule has 0 atom stereocenters. The molecule has 1 aromatic carbocycles. The Hall–Kier alpha value is -2.18.